The lowest BCUT2D eigenvalue weighted by Crippen LogP contribution is -2.45. The number of fused-ring (bicyclic) bond motifs is 1. The minimum absolute atomic E-state index is 0.0621. The number of carbonyl (C=O) groups excluding carboxylic acids is 2. The van der Waals surface area contributed by atoms with Gasteiger partial charge in [-0.1, -0.05) is 60.7 Å². The summed E-state index contributed by atoms with van der Waals surface area (Å²) in [5, 5.41) is 5.50. The van der Waals surface area contributed by atoms with Gasteiger partial charge in [0.15, 0.2) is 0 Å². The number of aromatic nitrogens is 1. The van der Waals surface area contributed by atoms with Gasteiger partial charge >= 0.3 is 11.8 Å². The molecule has 0 aliphatic carbocycles. The number of amides is 2. The van der Waals surface area contributed by atoms with Gasteiger partial charge in [-0.15, -0.1) is 0 Å². The summed E-state index contributed by atoms with van der Waals surface area (Å²) in [6.07, 6.45) is 4.52. The molecule has 0 saturated carbocycles. The van der Waals surface area contributed by atoms with Crippen LogP contribution in [0.4, 0.5) is 0 Å². The first-order valence-electron chi connectivity index (χ1n) is 10.5. The van der Waals surface area contributed by atoms with E-state index in [1.807, 2.05) is 48.7 Å². The van der Waals surface area contributed by atoms with E-state index in [1.165, 1.54) is 11.1 Å². The minimum atomic E-state index is -0.627. The Hall–Kier alpha value is -3.51. The summed E-state index contributed by atoms with van der Waals surface area (Å²) in [6, 6.07) is 21.8. The van der Waals surface area contributed by atoms with Gasteiger partial charge in [-0.2, -0.15) is 0 Å². The topological polar surface area (TPSA) is 74.3 Å². The van der Waals surface area contributed by atoms with Crippen LogP contribution in [-0.2, 0) is 29.1 Å². The van der Waals surface area contributed by atoms with Gasteiger partial charge in [0.2, 0.25) is 0 Å². The van der Waals surface area contributed by atoms with Crippen molar-refractivity contribution in [2.45, 2.75) is 25.6 Å². The van der Waals surface area contributed by atoms with Crippen LogP contribution in [0.25, 0.3) is 0 Å². The Balaban J connectivity index is 1.40. The lowest BCUT2D eigenvalue weighted by molar-refractivity contribution is -0.139. The minimum Gasteiger partial charge on any atom is -0.346 e. The van der Waals surface area contributed by atoms with Crippen molar-refractivity contribution in [2.75, 3.05) is 13.1 Å². The van der Waals surface area contributed by atoms with E-state index in [4.69, 9.17) is 0 Å². The smallest absolute Gasteiger partial charge is 0.309 e. The predicted octanol–water partition coefficient (Wildman–Crippen LogP) is 2.61. The van der Waals surface area contributed by atoms with Gasteiger partial charge in [0.1, 0.15) is 0 Å². The molecule has 2 N–H and O–H groups in total. The highest BCUT2D eigenvalue weighted by molar-refractivity contribution is 6.35. The number of nitrogens with zero attached hydrogens (tertiary/aromatic N) is 2. The molecule has 2 aromatic carbocycles. The van der Waals surface area contributed by atoms with Crippen LogP contribution in [0, 0.1) is 0 Å². The highest BCUT2D eigenvalue weighted by atomic mass is 16.2. The van der Waals surface area contributed by atoms with Crippen molar-refractivity contribution in [3.63, 3.8) is 0 Å². The van der Waals surface area contributed by atoms with Crippen LogP contribution in [0.2, 0.25) is 0 Å². The van der Waals surface area contributed by atoms with Crippen LogP contribution in [0.5, 0.6) is 0 Å². The first kappa shape index (κ1) is 20.8. The van der Waals surface area contributed by atoms with E-state index in [0.717, 1.165) is 30.6 Å². The van der Waals surface area contributed by atoms with Crippen molar-refractivity contribution >= 4 is 11.8 Å². The van der Waals surface area contributed by atoms with Gasteiger partial charge in [0.25, 0.3) is 0 Å². The zero-order valence-electron chi connectivity index (χ0n) is 17.3. The Morgan fingerprint density at radius 3 is 2.42 bits per heavy atom. The summed E-state index contributed by atoms with van der Waals surface area (Å²) >= 11 is 0. The summed E-state index contributed by atoms with van der Waals surface area (Å²) < 4.78 is 0. The third-order valence-corrected chi connectivity index (χ3v) is 5.63. The second-order valence-electron chi connectivity index (χ2n) is 7.67. The molecule has 2 heterocycles. The normalized spacial score (nSPS) is 14.3. The van der Waals surface area contributed by atoms with Crippen molar-refractivity contribution < 1.29 is 9.59 Å². The van der Waals surface area contributed by atoms with Gasteiger partial charge in [-0.3, -0.25) is 19.5 Å². The molecule has 0 bridgehead atoms. The summed E-state index contributed by atoms with van der Waals surface area (Å²) in [4.78, 5) is 31.3. The Bertz CT molecular complexity index is 1020. The molecule has 4 rings (SSSR count). The quantitative estimate of drug-likeness (QED) is 0.608. The maximum absolute atomic E-state index is 12.4. The zero-order chi connectivity index (χ0) is 21.5. The number of hydrogen-bond donors (Lipinski definition) is 2. The molecule has 0 spiro atoms. The van der Waals surface area contributed by atoms with Crippen molar-refractivity contribution in [3.05, 3.63) is 101 Å². The first-order chi connectivity index (χ1) is 15.2. The van der Waals surface area contributed by atoms with Crippen LogP contribution in [0.3, 0.4) is 0 Å². The Morgan fingerprint density at radius 1 is 0.903 bits per heavy atom. The Kier molecular flexibility index (Phi) is 6.69. The maximum atomic E-state index is 12.4. The summed E-state index contributed by atoms with van der Waals surface area (Å²) in [5.41, 5.74) is 4.64. The van der Waals surface area contributed by atoms with E-state index in [1.54, 1.807) is 6.20 Å². The second kappa shape index (κ2) is 10.00. The fourth-order valence-corrected chi connectivity index (χ4v) is 3.94. The molecule has 158 valence electrons. The monoisotopic (exact) mass is 414 g/mol. The molecule has 1 aromatic heterocycles. The Morgan fingerprint density at radius 2 is 1.65 bits per heavy atom. The molecule has 1 aliphatic rings. The molecule has 6 nitrogen and oxygen atoms in total. The predicted molar refractivity (Wildman–Crippen MR) is 119 cm³/mol. The molecule has 3 aromatic rings. The Labute approximate surface area is 182 Å². The van der Waals surface area contributed by atoms with Crippen LogP contribution >= 0.6 is 0 Å². The van der Waals surface area contributed by atoms with Crippen LogP contribution in [0.1, 0.15) is 28.3 Å². The molecule has 0 saturated heterocycles. The lowest BCUT2D eigenvalue weighted by Gasteiger charge is -2.35. The van der Waals surface area contributed by atoms with Gasteiger partial charge in [0, 0.05) is 38.6 Å². The van der Waals surface area contributed by atoms with E-state index < -0.39 is 11.8 Å². The fourth-order valence-electron chi connectivity index (χ4n) is 3.94. The third-order valence-electron chi connectivity index (χ3n) is 5.63. The molecular weight excluding hydrogens is 388 g/mol. The van der Waals surface area contributed by atoms with E-state index in [0.29, 0.717) is 13.1 Å². The zero-order valence-corrected chi connectivity index (χ0v) is 17.3. The van der Waals surface area contributed by atoms with Crippen molar-refractivity contribution in [3.8, 4) is 0 Å². The van der Waals surface area contributed by atoms with Gasteiger partial charge in [0.05, 0.1) is 6.04 Å². The maximum Gasteiger partial charge on any atom is 0.309 e. The molecule has 2 amide bonds. The molecule has 0 radical (unpaired) electrons. The van der Waals surface area contributed by atoms with Crippen molar-refractivity contribution in [1.29, 1.82) is 0 Å². The number of hydrogen-bond acceptors (Lipinski definition) is 4. The molecular formula is C25H26N4O2. The first-order valence-corrected chi connectivity index (χ1v) is 10.5. The van der Waals surface area contributed by atoms with E-state index in [-0.39, 0.29) is 6.04 Å². The average molecular weight is 415 g/mol. The average Bonchev–Trinajstić information content (AvgIpc) is 2.83. The number of benzene rings is 2. The number of rotatable bonds is 6. The molecule has 31 heavy (non-hydrogen) atoms. The van der Waals surface area contributed by atoms with E-state index in [9.17, 15) is 9.59 Å². The molecule has 0 fully saturated rings. The molecule has 6 heteroatoms. The molecule has 1 aliphatic heterocycles. The van der Waals surface area contributed by atoms with Crippen molar-refractivity contribution in [1.82, 2.24) is 20.5 Å². The highest BCUT2D eigenvalue weighted by Crippen LogP contribution is 2.27. The summed E-state index contributed by atoms with van der Waals surface area (Å²) in [6.45, 7) is 2.34. The number of carbonyl (C=O) groups is 2. The second-order valence-corrected chi connectivity index (χ2v) is 7.67. The van der Waals surface area contributed by atoms with Gasteiger partial charge in [-0.05, 0) is 34.7 Å². The SMILES string of the molecule is O=C(NCc1ccccc1)C(=O)NCC(c1cccnc1)N1CCc2ccccc2C1. The van der Waals surface area contributed by atoms with Crippen LogP contribution in [-0.4, -0.2) is 34.8 Å². The third kappa shape index (κ3) is 5.35. The van der Waals surface area contributed by atoms with Crippen LogP contribution < -0.4 is 10.6 Å². The van der Waals surface area contributed by atoms with Crippen molar-refractivity contribution in [2.24, 2.45) is 0 Å². The molecule has 1 atom stereocenters. The summed E-state index contributed by atoms with van der Waals surface area (Å²) in [5.74, 6) is -1.25. The number of nitrogens with one attached hydrogen (secondary N) is 2. The van der Waals surface area contributed by atoms with Gasteiger partial charge < -0.3 is 10.6 Å². The largest absolute Gasteiger partial charge is 0.346 e. The summed E-state index contributed by atoms with van der Waals surface area (Å²) in [7, 11) is 0. The fraction of sp³-hybridized carbons (Fsp3) is 0.240. The number of pyridine rings is 1. The van der Waals surface area contributed by atoms with E-state index in [2.05, 4.69) is 44.8 Å². The lowest BCUT2D eigenvalue weighted by atomic mass is 9.97. The van der Waals surface area contributed by atoms with Gasteiger partial charge in [-0.25, -0.2) is 0 Å². The molecule has 1 unspecified atom stereocenters. The highest BCUT2D eigenvalue weighted by Gasteiger charge is 2.26. The van der Waals surface area contributed by atoms with E-state index >= 15 is 0 Å². The van der Waals surface area contributed by atoms with Crippen LogP contribution in [0.15, 0.2) is 79.1 Å². The standard InChI is InChI=1S/C25H26N4O2/c30-24(27-15-19-7-2-1-3-8-19)25(31)28-17-23(21-11-6-13-26-16-21)29-14-12-20-9-4-5-10-22(20)18-29/h1-11,13,16,23H,12,14-15,17-18H2,(H,27,30)(H,28,31).